The molecule has 1 fully saturated rings. The lowest BCUT2D eigenvalue weighted by atomic mass is 9.98. The van der Waals surface area contributed by atoms with E-state index in [2.05, 4.69) is 106 Å². The van der Waals surface area contributed by atoms with Crippen molar-refractivity contribution in [1.82, 2.24) is 0 Å². The number of aliphatic carboxylic acids is 1. The van der Waals surface area contributed by atoms with Gasteiger partial charge in [0.2, 0.25) is 0 Å². The molecule has 0 radical (unpaired) electrons. The van der Waals surface area contributed by atoms with Gasteiger partial charge in [-0.05, 0) is 116 Å². The van der Waals surface area contributed by atoms with Crippen LogP contribution < -0.4 is 0 Å². The van der Waals surface area contributed by atoms with Gasteiger partial charge in [-0.2, -0.15) is 0 Å². The molecule has 12 nitrogen and oxygen atoms in total. The van der Waals surface area contributed by atoms with Crippen molar-refractivity contribution >= 4 is 23.9 Å². The molecule has 0 aromatic carbocycles. The number of aliphatic hydroxyl groups is 2. The van der Waals surface area contributed by atoms with Crippen LogP contribution in [0.15, 0.2) is 85.1 Å². The normalized spacial score (nSPS) is 18.4. The second-order valence-corrected chi connectivity index (χ2v) is 21.3. The van der Waals surface area contributed by atoms with Crippen LogP contribution in [0.4, 0.5) is 0 Å². The third kappa shape index (κ3) is 44.3. The summed E-state index contributed by atoms with van der Waals surface area (Å²) in [5.41, 5.74) is 0. The topological polar surface area (TPSA) is 175 Å². The number of hydrogen-bond acceptors (Lipinski definition) is 11. The molecule has 1 rings (SSSR count). The first-order valence-corrected chi connectivity index (χ1v) is 31.6. The fourth-order valence-corrected chi connectivity index (χ4v) is 9.09. The van der Waals surface area contributed by atoms with Gasteiger partial charge in [0.15, 0.2) is 24.6 Å². The van der Waals surface area contributed by atoms with Crippen molar-refractivity contribution < 1.29 is 58.2 Å². The van der Waals surface area contributed by atoms with E-state index in [-0.39, 0.29) is 25.9 Å². The highest BCUT2D eigenvalue weighted by Crippen LogP contribution is 2.26. The highest BCUT2D eigenvalue weighted by Gasteiger charge is 2.50. The summed E-state index contributed by atoms with van der Waals surface area (Å²) in [6, 6.07) is 0. The molecule has 6 atom stereocenters. The smallest absolute Gasteiger partial charge is 0.335 e. The summed E-state index contributed by atoms with van der Waals surface area (Å²) in [6.07, 6.45) is 58.2. The van der Waals surface area contributed by atoms with Crippen molar-refractivity contribution in [1.29, 1.82) is 0 Å². The molecule has 0 bridgehead atoms. The number of unbranched alkanes of at least 4 members (excludes halogenated alkanes) is 25. The van der Waals surface area contributed by atoms with Crippen molar-refractivity contribution in [2.24, 2.45) is 0 Å². The molecule has 1 saturated heterocycles. The molecule has 6 unspecified atom stereocenters. The number of carbonyl (C=O) groups excluding carboxylic acids is 3. The van der Waals surface area contributed by atoms with Crippen LogP contribution in [0.5, 0.6) is 0 Å². The van der Waals surface area contributed by atoms with E-state index in [1.165, 1.54) is 64.2 Å². The molecule has 1 aliphatic rings. The molecule has 1 heterocycles. The van der Waals surface area contributed by atoms with Crippen LogP contribution >= 0.6 is 0 Å². The van der Waals surface area contributed by atoms with E-state index < -0.39 is 67.3 Å². The van der Waals surface area contributed by atoms with E-state index in [9.17, 15) is 34.5 Å². The summed E-state index contributed by atoms with van der Waals surface area (Å²) in [7, 11) is 0. The van der Waals surface area contributed by atoms with Crippen molar-refractivity contribution in [2.75, 3.05) is 13.2 Å². The number of aliphatic hydroxyl groups excluding tert-OH is 2. The van der Waals surface area contributed by atoms with Gasteiger partial charge in [-0.3, -0.25) is 14.4 Å². The Morgan fingerprint density at radius 2 is 0.797 bits per heavy atom. The number of esters is 3. The molecule has 1 aliphatic heterocycles. The van der Waals surface area contributed by atoms with E-state index in [1.54, 1.807) is 0 Å². The summed E-state index contributed by atoms with van der Waals surface area (Å²) in [6.45, 7) is 5.84. The lowest BCUT2D eigenvalue weighted by Gasteiger charge is -2.40. The molecule has 0 saturated carbocycles. The van der Waals surface area contributed by atoms with Crippen molar-refractivity contribution in [3.8, 4) is 0 Å². The van der Waals surface area contributed by atoms with Crippen LogP contribution in [0.2, 0.25) is 0 Å². The predicted molar refractivity (Wildman–Crippen MR) is 321 cm³/mol. The minimum absolute atomic E-state index is 0.0407. The maximum absolute atomic E-state index is 13.2. The molecule has 0 spiro atoms. The zero-order chi connectivity index (χ0) is 57.5. The fourth-order valence-electron chi connectivity index (χ4n) is 9.09. The summed E-state index contributed by atoms with van der Waals surface area (Å²) in [4.78, 5) is 51.3. The Morgan fingerprint density at radius 3 is 1.25 bits per heavy atom. The van der Waals surface area contributed by atoms with Gasteiger partial charge in [0.25, 0.3) is 0 Å². The number of ether oxygens (including phenoxy) is 5. The Balaban J connectivity index is 2.69. The van der Waals surface area contributed by atoms with Crippen LogP contribution in [-0.2, 0) is 42.9 Å². The Hall–Kier alpha value is -4.10. The average Bonchev–Trinajstić information content (AvgIpc) is 3.46. The first kappa shape index (κ1) is 72.9. The monoisotopic (exact) mass is 1110 g/mol. The van der Waals surface area contributed by atoms with Gasteiger partial charge in [-0.1, -0.05) is 215 Å². The van der Waals surface area contributed by atoms with Crippen molar-refractivity contribution in [3.63, 3.8) is 0 Å². The minimum Gasteiger partial charge on any atom is -0.479 e. The number of rotatable bonds is 53. The van der Waals surface area contributed by atoms with Crippen molar-refractivity contribution in [3.05, 3.63) is 85.1 Å². The van der Waals surface area contributed by atoms with Gasteiger partial charge in [-0.15, -0.1) is 0 Å². The average molecular weight is 1110 g/mol. The largest absolute Gasteiger partial charge is 0.479 e. The van der Waals surface area contributed by atoms with E-state index >= 15 is 0 Å². The van der Waals surface area contributed by atoms with Gasteiger partial charge in [-0.25, -0.2) is 4.79 Å². The maximum atomic E-state index is 13.2. The SMILES string of the molecule is CC/C=C\C/C=C\C/C=C\CCCCCCCC(=O)OCC(COC1OC(C(=O)O)C(O)C(O)C1OC(=O)CCCCCCCC/C=C\C/C=C\C/C=C\CCCCC)OC(=O)CCCCCCC/C=C\CCCCCCCC. The third-order valence-corrected chi connectivity index (χ3v) is 13.9. The van der Waals surface area contributed by atoms with Gasteiger partial charge < -0.3 is 39.0 Å². The quantitative estimate of drug-likeness (QED) is 0.0228. The molecule has 3 N–H and O–H groups in total. The Morgan fingerprint density at radius 1 is 0.430 bits per heavy atom. The molecular formula is C67H112O12. The zero-order valence-corrected chi connectivity index (χ0v) is 49.8. The van der Waals surface area contributed by atoms with Gasteiger partial charge >= 0.3 is 23.9 Å². The Labute approximate surface area is 480 Å². The molecular weight excluding hydrogens is 997 g/mol. The molecule has 12 heteroatoms. The Kier molecular flexibility index (Phi) is 50.3. The van der Waals surface area contributed by atoms with Crippen LogP contribution in [0, 0.1) is 0 Å². The summed E-state index contributed by atoms with van der Waals surface area (Å²) in [5.74, 6) is -3.17. The number of allylic oxidation sites excluding steroid dienone is 14. The molecule has 0 amide bonds. The number of carboxylic acid groups (broad SMARTS) is 1. The van der Waals surface area contributed by atoms with Gasteiger partial charge in [0.1, 0.15) is 18.8 Å². The van der Waals surface area contributed by atoms with E-state index in [4.69, 9.17) is 23.7 Å². The lowest BCUT2D eigenvalue weighted by Crippen LogP contribution is -2.61. The highest BCUT2D eigenvalue weighted by atomic mass is 16.7. The third-order valence-electron chi connectivity index (χ3n) is 13.9. The standard InChI is InChI=1S/C67H112O12/c1-4-7-10-13-16-19-22-25-28-29-30-31-34-37-40-43-46-49-52-55-61(70)78-65-63(72)62(71)64(66(73)74)79-67(65)76-57-58(77-60(69)54-51-48-45-42-39-36-33-27-24-21-18-15-12-9-6-3)56-75-59(68)53-50-47-44-41-38-35-32-26-23-20-17-14-11-8-5-2/h8,11,16-17,19-20,25-28,30-33,58,62-65,67,71-72H,4-7,9-10,12-15,18,21-24,29,34-57H2,1-3H3,(H,73,74)/b11-8-,19-16-,20-17-,28-25-,31-30-,32-26-,33-27-. The van der Waals surface area contributed by atoms with Crippen LogP contribution in [0.25, 0.3) is 0 Å². The van der Waals surface area contributed by atoms with Gasteiger partial charge in [0, 0.05) is 19.3 Å². The second kappa shape index (κ2) is 54.5. The number of carbonyl (C=O) groups is 4. The first-order valence-electron chi connectivity index (χ1n) is 31.6. The number of carboxylic acids is 1. The second-order valence-electron chi connectivity index (χ2n) is 21.3. The Bertz CT molecular complexity index is 1700. The zero-order valence-electron chi connectivity index (χ0n) is 49.8. The molecule has 79 heavy (non-hydrogen) atoms. The highest BCUT2D eigenvalue weighted by molar-refractivity contribution is 5.74. The predicted octanol–water partition coefficient (Wildman–Crippen LogP) is 16.7. The number of hydrogen-bond donors (Lipinski definition) is 3. The molecule has 0 aliphatic carbocycles. The van der Waals surface area contributed by atoms with Gasteiger partial charge in [0.05, 0.1) is 6.61 Å². The molecule has 452 valence electrons. The van der Waals surface area contributed by atoms with E-state index in [0.717, 1.165) is 141 Å². The maximum Gasteiger partial charge on any atom is 0.335 e. The minimum atomic E-state index is -1.91. The molecule has 0 aromatic heterocycles. The van der Waals surface area contributed by atoms with Crippen molar-refractivity contribution in [2.45, 2.75) is 302 Å². The van der Waals surface area contributed by atoms with Crippen LogP contribution in [0.1, 0.15) is 265 Å². The summed E-state index contributed by atoms with van der Waals surface area (Å²) in [5, 5.41) is 31.6. The first-order chi connectivity index (χ1) is 38.6. The van der Waals surface area contributed by atoms with E-state index in [1.807, 2.05) is 0 Å². The molecule has 0 aromatic rings. The van der Waals surface area contributed by atoms with Crippen LogP contribution in [0.3, 0.4) is 0 Å². The summed E-state index contributed by atoms with van der Waals surface area (Å²) < 4.78 is 28.5. The van der Waals surface area contributed by atoms with E-state index in [0.29, 0.717) is 19.3 Å². The summed E-state index contributed by atoms with van der Waals surface area (Å²) >= 11 is 0. The lowest BCUT2D eigenvalue weighted by molar-refractivity contribution is -0.301. The van der Waals surface area contributed by atoms with Crippen LogP contribution in [-0.4, -0.2) is 89.2 Å². The fraction of sp³-hybridized carbons (Fsp3) is 0.731.